The molecule has 1 unspecified atom stereocenters. The fourth-order valence-corrected chi connectivity index (χ4v) is 3.88. The molecule has 0 aromatic heterocycles. The van der Waals surface area contributed by atoms with Crippen molar-refractivity contribution in [3.63, 3.8) is 0 Å². The molecular weight excluding hydrogens is 364 g/mol. The van der Waals surface area contributed by atoms with E-state index in [0.717, 1.165) is 16.9 Å². The molecule has 29 heavy (non-hydrogen) atoms. The third-order valence-electron chi connectivity index (χ3n) is 5.38. The molecule has 3 aromatic rings. The Labute approximate surface area is 167 Å². The van der Waals surface area contributed by atoms with E-state index in [9.17, 15) is 14.4 Å². The fourth-order valence-electron chi connectivity index (χ4n) is 3.88. The van der Waals surface area contributed by atoms with Crippen molar-refractivity contribution in [1.29, 1.82) is 0 Å². The zero-order valence-corrected chi connectivity index (χ0v) is 15.6. The summed E-state index contributed by atoms with van der Waals surface area (Å²) in [5, 5.41) is 0. The van der Waals surface area contributed by atoms with Gasteiger partial charge in [-0.15, -0.1) is 0 Å². The molecule has 1 aliphatic carbocycles. The summed E-state index contributed by atoms with van der Waals surface area (Å²) in [6.07, 6.45) is 0. The van der Waals surface area contributed by atoms with Gasteiger partial charge in [-0.05, 0) is 43.3 Å². The second-order valence-corrected chi connectivity index (χ2v) is 7.13. The normalized spacial score (nSPS) is 19.1. The Morgan fingerprint density at radius 2 is 1.45 bits per heavy atom. The molecule has 5 nitrogen and oxygen atoms in total. The molecule has 0 saturated carbocycles. The first-order chi connectivity index (χ1) is 14.1. The SMILES string of the molecule is CC1C(=O)c2ccc(/N=C3\C(=O)N(c4ccccc4)c4ccccc43)cc2C1=O. The first kappa shape index (κ1) is 17.3. The Balaban J connectivity index is 1.62. The molecule has 5 heteroatoms. The highest BCUT2D eigenvalue weighted by molar-refractivity contribution is 6.56. The van der Waals surface area contributed by atoms with Crippen LogP contribution in [-0.2, 0) is 4.79 Å². The molecule has 0 spiro atoms. The van der Waals surface area contributed by atoms with E-state index in [1.807, 2.05) is 54.6 Å². The maximum Gasteiger partial charge on any atom is 0.282 e. The van der Waals surface area contributed by atoms with Crippen LogP contribution in [0.5, 0.6) is 0 Å². The molecule has 3 aromatic carbocycles. The quantitative estimate of drug-likeness (QED) is 0.615. The third-order valence-corrected chi connectivity index (χ3v) is 5.38. The number of carbonyl (C=O) groups excluding carboxylic acids is 3. The van der Waals surface area contributed by atoms with E-state index in [-0.39, 0.29) is 17.5 Å². The first-order valence-corrected chi connectivity index (χ1v) is 9.36. The van der Waals surface area contributed by atoms with Crippen molar-refractivity contribution in [2.75, 3.05) is 4.90 Å². The molecule has 0 radical (unpaired) electrons. The molecule has 0 N–H and O–H groups in total. The van der Waals surface area contributed by atoms with E-state index >= 15 is 0 Å². The average Bonchev–Trinajstić information content (AvgIpc) is 3.15. The van der Waals surface area contributed by atoms with E-state index in [2.05, 4.69) is 4.99 Å². The lowest BCUT2D eigenvalue weighted by Crippen LogP contribution is -2.25. The van der Waals surface area contributed by atoms with E-state index < -0.39 is 5.92 Å². The summed E-state index contributed by atoms with van der Waals surface area (Å²) in [6, 6.07) is 21.8. The highest BCUT2D eigenvalue weighted by atomic mass is 16.2. The van der Waals surface area contributed by atoms with Crippen LogP contribution in [-0.4, -0.2) is 23.2 Å². The van der Waals surface area contributed by atoms with Gasteiger partial charge >= 0.3 is 0 Å². The molecule has 1 aliphatic heterocycles. The zero-order chi connectivity index (χ0) is 20.1. The van der Waals surface area contributed by atoms with Crippen molar-refractivity contribution in [3.05, 3.63) is 89.5 Å². The van der Waals surface area contributed by atoms with Crippen LogP contribution in [0.25, 0.3) is 0 Å². The van der Waals surface area contributed by atoms with Gasteiger partial charge in [-0.25, -0.2) is 4.99 Å². The van der Waals surface area contributed by atoms with Gasteiger partial charge in [-0.2, -0.15) is 0 Å². The van der Waals surface area contributed by atoms with Gasteiger partial charge in [0.15, 0.2) is 11.6 Å². The Morgan fingerprint density at radius 3 is 2.24 bits per heavy atom. The van der Waals surface area contributed by atoms with E-state index in [0.29, 0.717) is 22.5 Å². The van der Waals surface area contributed by atoms with Gasteiger partial charge in [0.1, 0.15) is 5.71 Å². The standard InChI is InChI=1S/C24H16N2O3/c1-14-22(27)17-12-11-15(13-19(17)23(14)28)25-21-18-9-5-6-10-20(18)26(24(21)29)16-7-3-2-4-8-16/h2-14H,1H3/b25-21-. The number of ketones is 2. The van der Waals surface area contributed by atoms with Crippen LogP contribution in [0.4, 0.5) is 17.1 Å². The summed E-state index contributed by atoms with van der Waals surface area (Å²) >= 11 is 0. The van der Waals surface area contributed by atoms with E-state index in [1.54, 1.807) is 30.0 Å². The monoisotopic (exact) mass is 380 g/mol. The fraction of sp³-hybridized carbons (Fsp3) is 0.0833. The minimum absolute atomic E-state index is 0.165. The summed E-state index contributed by atoms with van der Waals surface area (Å²) in [6.45, 7) is 1.62. The number of anilines is 2. The van der Waals surface area contributed by atoms with Gasteiger partial charge in [0.2, 0.25) is 0 Å². The van der Waals surface area contributed by atoms with Gasteiger partial charge in [0.05, 0.1) is 17.3 Å². The van der Waals surface area contributed by atoms with Crippen LogP contribution in [0.15, 0.2) is 77.8 Å². The average molecular weight is 380 g/mol. The number of para-hydroxylation sites is 2. The minimum atomic E-state index is -0.657. The molecule has 1 heterocycles. The van der Waals surface area contributed by atoms with Crippen molar-refractivity contribution in [1.82, 2.24) is 0 Å². The van der Waals surface area contributed by atoms with Gasteiger partial charge in [-0.3, -0.25) is 19.3 Å². The highest BCUT2D eigenvalue weighted by Crippen LogP contribution is 2.37. The summed E-state index contributed by atoms with van der Waals surface area (Å²) in [7, 11) is 0. The molecule has 140 valence electrons. The van der Waals surface area contributed by atoms with Crippen molar-refractivity contribution in [3.8, 4) is 0 Å². The van der Waals surface area contributed by atoms with Crippen LogP contribution in [0.1, 0.15) is 33.2 Å². The lowest BCUT2D eigenvalue weighted by atomic mass is 10.1. The molecular formula is C24H16N2O3. The number of benzene rings is 3. The van der Waals surface area contributed by atoms with Crippen LogP contribution in [0, 0.1) is 5.92 Å². The smallest absolute Gasteiger partial charge is 0.282 e. The second-order valence-electron chi connectivity index (χ2n) is 7.13. The highest BCUT2D eigenvalue weighted by Gasteiger charge is 2.36. The molecule has 5 rings (SSSR count). The van der Waals surface area contributed by atoms with Crippen LogP contribution < -0.4 is 4.90 Å². The molecule has 0 fully saturated rings. The number of hydrogen-bond donors (Lipinski definition) is 0. The Kier molecular flexibility index (Phi) is 3.77. The predicted octanol–water partition coefficient (Wildman–Crippen LogP) is 4.50. The third kappa shape index (κ3) is 2.55. The maximum absolute atomic E-state index is 13.2. The number of rotatable bonds is 2. The van der Waals surface area contributed by atoms with Crippen molar-refractivity contribution in [2.24, 2.45) is 10.9 Å². The van der Waals surface area contributed by atoms with Gasteiger partial charge < -0.3 is 0 Å². The number of hydrogen-bond acceptors (Lipinski definition) is 4. The number of carbonyl (C=O) groups is 3. The zero-order valence-electron chi connectivity index (χ0n) is 15.6. The summed E-state index contributed by atoms with van der Waals surface area (Å²) in [5.74, 6) is -1.25. The number of aliphatic imine (C=N–C) groups is 1. The van der Waals surface area contributed by atoms with Gasteiger partial charge in [0, 0.05) is 22.4 Å². The molecule has 1 amide bonds. The van der Waals surface area contributed by atoms with Crippen molar-refractivity contribution in [2.45, 2.75) is 6.92 Å². The minimum Gasteiger partial charge on any atom is -0.293 e. The van der Waals surface area contributed by atoms with Crippen LogP contribution in [0.2, 0.25) is 0 Å². The Hall–Kier alpha value is -3.86. The predicted molar refractivity (Wildman–Crippen MR) is 110 cm³/mol. The van der Waals surface area contributed by atoms with Crippen LogP contribution in [0.3, 0.4) is 0 Å². The molecule has 2 aliphatic rings. The summed E-state index contributed by atoms with van der Waals surface area (Å²) < 4.78 is 0. The molecule has 0 saturated heterocycles. The number of fused-ring (bicyclic) bond motifs is 2. The van der Waals surface area contributed by atoms with Gasteiger partial charge in [-0.1, -0.05) is 36.4 Å². The number of amides is 1. The van der Waals surface area contributed by atoms with E-state index in [1.165, 1.54) is 0 Å². The number of Topliss-reactive ketones (excluding diaryl/α,β-unsaturated/α-hetero) is 2. The maximum atomic E-state index is 13.2. The lowest BCUT2D eigenvalue weighted by Gasteiger charge is -2.16. The second kappa shape index (κ2) is 6.34. The largest absolute Gasteiger partial charge is 0.293 e. The summed E-state index contributed by atoms with van der Waals surface area (Å²) in [5.41, 5.74) is 3.86. The molecule has 1 atom stereocenters. The molecule has 0 bridgehead atoms. The topological polar surface area (TPSA) is 66.8 Å². The van der Waals surface area contributed by atoms with Crippen molar-refractivity contribution < 1.29 is 14.4 Å². The Bertz CT molecular complexity index is 1230. The lowest BCUT2D eigenvalue weighted by molar-refractivity contribution is -0.111. The Morgan fingerprint density at radius 1 is 0.759 bits per heavy atom. The van der Waals surface area contributed by atoms with Gasteiger partial charge in [0.25, 0.3) is 5.91 Å². The van der Waals surface area contributed by atoms with Crippen molar-refractivity contribution >= 4 is 40.2 Å². The first-order valence-electron chi connectivity index (χ1n) is 9.36. The van der Waals surface area contributed by atoms with E-state index in [4.69, 9.17) is 0 Å². The van der Waals surface area contributed by atoms with Crippen LogP contribution >= 0.6 is 0 Å². The number of nitrogens with zero attached hydrogens (tertiary/aromatic N) is 2. The summed E-state index contributed by atoms with van der Waals surface area (Å²) in [4.78, 5) is 44.0.